The molecule has 0 aromatic heterocycles. The summed E-state index contributed by atoms with van der Waals surface area (Å²) in [7, 11) is 0. The van der Waals surface area contributed by atoms with Crippen LogP contribution in [-0.2, 0) is 6.42 Å². The standard InChI is InChI=1S/C15H23NO2/c17-12-14-7-4-10-16(14)11-15(18)9-8-13-5-2-1-3-6-13/h1-3,5-6,14-15,17-18H,4,7-12H2. The Balaban J connectivity index is 1.73. The minimum absolute atomic E-state index is 0.214. The molecule has 3 heteroatoms. The highest BCUT2D eigenvalue weighted by Crippen LogP contribution is 2.17. The van der Waals surface area contributed by atoms with E-state index in [0.717, 1.165) is 32.2 Å². The van der Waals surface area contributed by atoms with Crippen LogP contribution in [0.4, 0.5) is 0 Å². The van der Waals surface area contributed by atoms with Gasteiger partial charge in [0.15, 0.2) is 0 Å². The van der Waals surface area contributed by atoms with Crippen molar-refractivity contribution >= 4 is 0 Å². The summed E-state index contributed by atoms with van der Waals surface area (Å²) in [6, 6.07) is 10.5. The Labute approximate surface area is 109 Å². The Morgan fingerprint density at radius 2 is 2.06 bits per heavy atom. The van der Waals surface area contributed by atoms with Gasteiger partial charge < -0.3 is 10.2 Å². The third-order valence-electron chi connectivity index (χ3n) is 3.76. The average molecular weight is 249 g/mol. The lowest BCUT2D eigenvalue weighted by molar-refractivity contribution is 0.0803. The summed E-state index contributed by atoms with van der Waals surface area (Å²) in [5.74, 6) is 0. The zero-order chi connectivity index (χ0) is 12.8. The van der Waals surface area contributed by atoms with Gasteiger partial charge in [-0.15, -0.1) is 0 Å². The summed E-state index contributed by atoms with van der Waals surface area (Å²) in [4.78, 5) is 2.22. The van der Waals surface area contributed by atoms with Crippen molar-refractivity contribution in [2.75, 3.05) is 19.7 Å². The molecule has 2 atom stereocenters. The van der Waals surface area contributed by atoms with Crippen molar-refractivity contribution < 1.29 is 10.2 Å². The van der Waals surface area contributed by atoms with E-state index in [1.165, 1.54) is 5.56 Å². The highest BCUT2D eigenvalue weighted by molar-refractivity contribution is 5.14. The van der Waals surface area contributed by atoms with E-state index in [1.54, 1.807) is 0 Å². The lowest BCUT2D eigenvalue weighted by atomic mass is 10.1. The van der Waals surface area contributed by atoms with Crippen molar-refractivity contribution in [1.82, 2.24) is 4.90 Å². The lowest BCUT2D eigenvalue weighted by Crippen LogP contribution is -2.38. The molecule has 0 spiro atoms. The molecule has 0 amide bonds. The van der Waals surface area contributed by atoms with Gasteiger partial charge in [0.25, 0.3) is 0 Å². The van der Waals surface area contributed by atoms with Crippen LogP contribution in [-0.4, -0.2) is 47.0 Å². The van der Waals surface area contributed by atoms with Crippen molar-refractivity contribution in [2.45, 2.75) is 37.8 Å². The summed E-state index contributed by atoms with van der Waals surface area (Å²) in [6.45, 7) is 1.91. The Bertz CT molecular complexity index is 342. The molecule has 1 aliphatic heterocycles. The third-order valence-corrected chi connectivity index (χ3v) is 3.76. The van der Waals surface area contributed by atoms with E-state index in [2.05, 4.69) is 17.0 Å². The second kappa shape index (κ2) is 6.88. The summed E-state index contributed by atoms with van der Waals surface area (Å²) in [5, 5.41) is 19.3. The molecular formula is C15H23NO2. The molecular weight excluding hydrogens is 226 g/mol. The number of aliphatic hydroxyl groups is 2. The predicted molar refractivity (Wildman–Crippen MR) is 72.5 cm³/mol. The molecule has 0 radical (unpaired) electrons. The molecule has 18 heavy (non-hydrogen) atoms. The molecule has 1 aliphatic rings. The van der Waals surface area contributed by atoms with Crippen LogP contribution in [0.1, 0.15) is 24.8 Å². The number of aliphatic hydroxyl groups excluding tert-OH is 2. The van der Waals surface area contributed by atoms with Gasteiger partial charge in [0.1, 0.15) is 0 Å². The molecule has 1 saturated heterocycles. The molecule has 2 unspecified atom stereocenters. The molecule has 0 aliphatic carbocycles. The normalized spacial score (nSPS) is 22.2. The Morgan fingerprint density at radius 3 is 2.78 bits per heavy atom. The van der Waals surface area contributed by atoms with E-state index >= 15 is 0 Å². The number of likely N-dealkylation sites (tertiary alicyclic amines) is 1. The minimum atomic E-state index is -0.294. The molecule has 1 heterocycles. The van der Waals surface area contributed by atoms with E-state index in [0.29, 0.717) is 6.54 Å². The van der Waals surface area contributed by atoms with E-state index in [9.17, 15) is 10.2 Å². The van der Waals surface area contributed by atoms with Crippen molar-refractivity contribution in [3.63, 3.8) is 0 Å². The van der Waals surface area contributed by atoms with E-state index in [1.807, 2.05) is 18.2 Å². The van der Waals surface area contributed by atoms with Crippen molar-refractivity contribution in [3.8, 4) is 0 Å². The van der Waals surface area contributed by atoms with Gasteiger partial charge in [-0.05, 0) is 37.8 Å². The number of rotatable bonds is 6. The third kappa shape index (κ3) is 3.80. The van der Waals surface area contributed by atoms with Gasteiger partial charge in [0.05, 0.1) is 12.7 Å². The molecule has 1 fully saturated rings. The quantitative estimate of drug-likeness (QED) is 0.801. The predicted octanol–water partition coefficient (Wildman–Crippen LogP) is 1.44. The fourth-order valence-electron chi connectivity index (χ4n) is 2.68. The van der Waals surface area contributed by atoms with E-state index in [4.69, 9.17) is 0 Å². The minimum Gasteiger partial charge on any atom is -0.395 e. The van der Waals surface area contributed by atoms with E-state index in [-0.39, 0.29) is 18.8 Å². The zero-order valence-electron chi connectivity index (χ0n) is 10.8. The first-order chi connectivity index (χ1) is 8.79. The number of aryl methyl sites for hydroxylation is 1. The number of β-amino-alcohol motifs (C(OH)–C–C–N with tert-alkyl or cyclic N) is 1. The van der Waals surface area contributed by atoms with Crippen LogP contribution < -0.4 is 0 Å². The van der Waals surface area contributed by atoms with Gasteiger partial charge in [-0.2, -0.15) is 0 Å². The first-order valence-corrected chi connectivity index (χ1v) is 6.86. The van der Waals surface area contributed by atoms with Gasteiger partial charge >= 0.3 is 0 Å². The molecule has 1 aromatic carbocycles. The molecule has 100 valence electrons. The van der Waals surface area contributed by atoms with Crippen LogP contribution >= 0.6 is 0 Å². The summed E-state index contributed by atoms with van der Waals surface area (Å²) < 4.78 is 0. The lowest BCUT2D eigenvalue weighted by Gasteiger charge is -2.25. The SMILES string of the molecule is OCC1CCCN1CC(O)CCc1ccccc1. The van der Waals surface area contributed by atoms with Crippen LogP contribution in [0.25, 0.3) is 0 Å². The van der Waals surface area contributed by atoms with Gasteiger partial charge in [-0.1, -0.05) is 30.3 Å². The maximum absolute atomic E-state index is 10.1. The largest absolute Gasteiger partial charge is 0.395 e. The molecule has 0 saturated carbocycles. The summed E-state index contributed by atoms with van der Waals surface area (Å²) in [5.41, 5.74) is 1.27. The molecule has 2 rings (SSSR count). The Kier molecular flexibility index (Phi) is 5.17. The maximum Gasteiger partial charge on any atom is 0.0670 e. The highest BCUT2D eigenvalue weighted by atomic mass is 16.3. The average Bonchev–Trinajstić information content (AvgIpc) is 2.85. The zero-order valence-corrected chi connectivity index (χ0v) is 10.8. The number of hydrogen-bond acceptors (Lipinski definition) is 3. The fraction of sp³-hybridized carbons (Fsp3) is 0.600. The van der Waals surface area contributed by atoms with E-state index < -0.39 is 0 Å². The van der Waals surface area contributed by atoms with Gasteiger partial charge in [-0.25, -0.2) is 0 Å². The second-order valence-electron chi connectivity index (χ2n) is 5.15. The number of benzene rings is 1. The van der Waals surface area contributed by atoms with Gasteiger partial charge in [-0.3, -0.25) is 4.90 Å². The topological polar surface area (TPSA) is 43.7 Å². The fourth-order valence-corrected chi connectivity index (χ4v) is 2.68. The first-order valence-electron chi connectivity index (χ1n) is 6.86. The summed E-state index contributed by atoms with van der Waals surface area (Å²) >= 11 is 0. The van der Waals surface area contributed by atoms with Crippen LogP contribution in [0.15, 0.2) is 30.3 Å². The van der Waals surface area contributed by atoms with Crippen LogP contribution in [0.3, 0.4) is 0 Å². The second-order valence-corrected chi connectivity index (χ2v) is 5.15. The maximum atomic E-state index is 10.1. The summed E-state index contributed by atoms with van der Waals surface area (Å²) in [6.07, 6.45) is 3.61. The smallest absolute Gasteiger partial charge is 0.0670 e. The molecule has 3 nitrogen and oxygen atoms in total. The van der Waals surface area contributed by atoms with Gasteiger partial charge in [0.2, 0.25) is 0 Å². The number of hydrogen-bond donors (Lipinski definition) is 2. The number of nitrogens with zero attached hydrogens (tertiary/aromatic N) is 1. The highest BCUT2D eigenvalue weighted by Gasteiger charge is 2.25. The Morgan fingerprint density at radius 1 is 1.28 bits per heavy atom. The Hall–Kier alpha value is -0.900. The monoisotopic (exact) mass is 249 g/mol. The first kappa shape index (κ1) is 13.5. The molecule has 0 bridgehead atoms. The van der Waals surface area contributed by atoms with Gasteiger partial charge in [0, 0.05) is 12.6 Å². The van der Waals surface area contributed by atoms with Crippen LogP contribution in [0.5, 0.6) is 0 Å². The molecule has 1 aromatic rings. The van der Waals surface area contributed by atoms with Crippen molar-refractivity contribution in [1.29, 1.82) is 0 Å². The molecule has 2 N–H and O–H groups in total. The van der Waals surface area contributed by atoms with Crippen molar-refractivity contribution in [2.24, 2.45) is 0 Å². The van der Waals surface area contributed by atoms with Crippen LogP contribution in [0, 0.1) is 0 Å². The van der Waals surface area contributed by atoms with Crippen molar-refractivity contribution in [3.05, 3.63) is 35.9 Å². The van der Waals surface area contributed by atoms with Crippen LogP contribution in [0.2, 0.25) is 0 Å².